The average Bonchev–Trinajstić information content (AvgIpc) is 2.86. The van der Waals surface area contributed by atoms with Crippen LogP contribution in [0, 0.1) is 23.5 Å². The molecular weight excluding hydrogens is 543 g/mol. The smallest absolute Gasteiger partial charge is 0.426 e. The molecule has 0 saturated heterocycles. The van der Waals surface area contributed by atoms with E-state index in [9.17, 15) is 39.5 Å². The van der Waals surface area contributed by atoms with E-state index < -0.39 is 58.9 Å². The molecule has 12 heteroatoms. The van der Waals surface area contributed by atoms with Gasteiger partial charge in [0.15, 0.2) is 11.6 Å². The molecule has 0 heterocycles. The lowest BCUT2D eigenvalue weighted by Gasteiger charge is -2.33. The van der Waals surface area contributed by atoms with Crippen LogP contribution in [0.4, 0.5) is 39.5 Å². The summed E-state index contributed by atoms with van der Waals surface area (Å²) in [7, 11) is 0. The Kier molecular flexibility index (Phi) is 9.84. The average molecular weight is 568 g/mol. The Morgan fingerprint density at radius 3 is 2.00 bits per heavy atom. The molecule has 0 atom stereocenters. The largest absolute Gasteiger partial charge is 0.432 e. The number of alkyl halides is 4. The zero-order valence-electron chi connectivity index (χ0n) is 20.6. The molecule has 214 valence electrons. The van der Waals surface area contributed by atoms with Gasteiger partial charge in [-0.3, -0.25) is 0 Å². The first-order valence-electron chi connectivity index (χ1n) is 12.1. The van der Waals surface area contributed by atoms with Crippen molar-refractivity contribution in [2.24, 2.45) is 11.8 Å². The summed E-state index contributed by atoms with van der Waals surface area (Å²) in [6.45, 7) is 1.91. The molecule has 0 aromatic heterocycles. The second-order valence-corrected chi connectivity index (χ2v) is 9.02. The lowest BCUT2D eigenvalue weighted by molar-refractivity contribution is -0.223. The van der Waals surface area contributed by atoms with Crippen LogP contribution < -0.4 is 14.2 Å². The minimum Gasteiger partial charge on any atom is -0.432 e. The van der Waals surface area contributed by atoms with Crippen LogP contribution in [0.2, 0.25) is 0 Å². The minimum absolute atomic E-state index is 0.170. The zero-order chi connectivity index (χ0) is 28.8. The van der Waals surface area contributed by atoms with Crippen molar-refractivity contribution in [1.82, 2.24) is 0 Å². The molecule has 1 fully saturated rings. The molecular formula is C27H25F9O3. The Morgan fingerprint density at radius 1 is 0.872 bits per heavy atom. The number of hydrogen-bond donors (Lipinski definition) is 0. The fraction of sp³-hybridized carbons (Fsp3) is 0.407. The molecule has 0 radical (unpaired) electrons. The van der Waals surface area contributed by atoms with E-state index in [1.165, 1.54) is 0 Å². The molecule has 0 aliphatic heterocycles. The highest BCUT2D eigenvalue weighted by Crippen LogP contribution is 2.42. The van der Waals surface area contributed by atoms with Crippen LogP contribution in [0.15, 0.2) is 60.6 Å². The number of ether oxygens (including phenoxy) is 3. The predicted molar refractivity (Wildman–Crippen MR) is 123 cm³/mol. The lowest BCUT2D eigenvalue weighted by atomic mass is 9.79. The highest BCUT2D eigenvalue weighted by Gasteiger charge is 2.44. The second-order valence-electron chi connectivity index (χ2n) is 9.02. The maximum absolute atomic E-state index is 14.7. The molecule has 3 rings (SSSR count). The molecule has 0 spiro atoms. The van der Waals surface area contributed by atoms with E-state index in [1.807, 2.05) is 19.1 Å². The van der Waals surface area contributed by atoms with Crippen LogP contribution in [0.25, 0.3) is 0 Å². The van der Waals surface area contributed by atoms with E-state index in [1.54, 1.807) is 0 Å². The van der Waals surface area contributed by atoms with E-state index in [4.69, 9.17) is 4.74 Å². The Bertz CT molecular complexity index is 1140. The van der Waals surface area contributed by atoms with Gasteiger partial charge in [0.1, 0.15) is 11.5 Å². The first-order chi connectivity index (χ1) is 18.3. The molecule has 0 amide bonds. The maximum Gasteiger partial charge on any atom is 0.426 e. The summed E-state index contributed by atoms with van der Waals surface area (Å²) in [5.74, 6) is -7.31. The summed E-state index contributed by atoms with van der Waals surface area (Å²) in [6.07, 6.45) is -3.13. The standard InChI is InChI=1S/C27H25F9O3/c1-2-3-4-5-16-6-8-17(9-7-16)26(33,34)38-19-12-10-18(11-13-19)27(35,36)39-20-14-21(28)23(22(29)15-20)37-25(32)24(30)31/h2-3,10-17H,4-9H2,1H3/b3-2+. The first-order valence-corrected chi connectivity index (χ1v) is 12.1. The summed E-state index contributed by atoms with van der Waals surface area (Å²) in [5.41, 5.74) is -0.866. The van der Waals surface area contributed by atoms with Crippen molar-refractivity contribution >= 4 is 0 Å². The molecule has 1 saturated carbocycles. The number of allylic oxidation sites excluding steroid dienone is 2. The third kappa shape index (κ3) is 8.09. The first kappa shape index (κ1) is 30.2. The van der Waals surface area contributed by atoms with E-state index in [0.29, 0.717) is 18.8 Å². The lowest BCUT2D eigenvalue weighted by Crippen LogP contribution is -2.37. The molecule has 3 nitrogen and oxygen atoms in total. The van der Waals surface area contributed by atoms with Crippen molar-refractivity contribution in [2.75, 3.05) is 0 Å². The van der Waals surface area contributed by atoms with Gasteiger partial charge >= 0.3 is 24.3 Å². The van der Waals surface area contributed by atoms with E-state index >= 15 is 0 Å². The Hall–Kier alpha value is -3.31. The third-order valence-electron chi connectivity index (χ3n) is 6.30. The van der Waals surface area contributed by atoms with Gasteiger partial charge < -0.3 is 14.2 Å². The zero-order valence-corrected chi connectivity index (χ0v) is 20.6. The van der Waals surface area contributed by atoms with Crippen molar-refractivity contribution in [3.05, 3.63) is 77.8 Å². The fourth-order valence-electron chi connectivity index (χ4n) is 4.27. The minimum atomic E-state index is -4.20. The molecule has 0 bridgehead atoms. The molecule has 0 N–H and O–H groups in total. The summed E-state index contributed by atoms with van der Waals surface area (Å²) < 4.78 is 136. The highest BCUT2D eigenvalue weighted by atomic mass is 19.3. The monoisotopic (exact) mass is 568 g/mol. The van der Waals surface area contributed by atoms with Crippen molar-refractivity contribution in [1.29, 1.82) is 0 Å². The quantitative estimate of drug-likeness (QED) is 0.154. The maximum atomic E-state index is 14.7. The van der Waals surface area contributed by atoms with Gasteiger partial charge in [-0.15, -0.1) is 0 Å². The van der Waals surface area contributed by atoms with E-state index in [2.05, 4.69) is 9.47 Å². The molecule has 2 aromatic rings. The topological polar surface area (TPSA) is 27.7 Å². The molecule has 0 unspecified atom stereocenters. The van der Waals surface area contributed by atoms with Gasteiger partial charge in [0.2, 0.25) is 5.75 Å². The number of rotatable bonds is 11. The van der Waals surface area contributed by atoms with Gasteiger partial charge in [-0.1, -0.05) is 12.2 Å². The van der Waals surface area contributed by atoms with Crippen molar-refractivity contribution in [3.8, 4) is 17.2 Å². The Labute approximate surface area is 218 Å². The Morgan fingerprint density at radius 2 is 1.46 bits per heavy atom. The van der Waals surface area contributed by atoms with Crippen LogP contribution in [0.5, 0.6) is 17.2 Å². The van der Waals surface area contributed by atoms with Crippen molar-refractivity contribution in [3.63, 3.8) is 0 Å². The third-order valence-corrected chi connectivity index (χ3v) is 6.30. The second kappa shape index (κ2) is 12.7. The van der Waals surface area contributed by atoms with Gasteiger partial charge in [-0.05, 0) is 75.6 Å². The normalized spacial score (nSPS) is 18.2. The van der Waals surface area contributed by atoms with Crippen molar-refractivity contribution < 1.29 is 53.7 Å². The van der Waals surface area contributed by atoms with Gasteiger partial charge in [0.25, 0.3) is 0 Å². The van der Waals surface area contributed by atoms with Crippen LogP contribution in [-0.2, 0) is 6.11 Å². The summed E-state index contributed by atoms with van der Waals surface area (Å²) >= 11 is 0. The van der Waals surface area contributed by atoms with Gasteiger partial charge in [0.05, 0.1) is 11.5 Å². The summed E-state index contributed by atoms with van der Waals surface area (Å²) in [5, 5.41) is 0. The number of halogens is 9. The fourth-order valence-corrected chi connectivity index (χ4v) is 4.27. The predicted octanol–water partition coefficient (Wildman–Crippen LogP) is 9.64. The molecule has 39 heavy (non-hydrogen) atoms. The number of benzene rings is 2. The molecule has 1 aliphatic rings. The van der Waals surface area contributed by atoms with Crippen LogP contribution in [-0.4, -0.2) is 6.11 Å². The molecule has 2 aromatic carbocycles. The van der Waals surface area contributed by atoms with Crippen molar-refractivity contribution in [2.45, 2.75) is 57.7 Å². The number of hydrogen-bond acceptors (Lipinski definition) is 3. The van der Waals surface area contributed by atoms with Gasteiger partial charge in [-0.2, -0.15) is 30.7 Å². The van der Waals surface area contributed by atoms with Gasteiger partial charge in [0, 0.05) is 12.1 Å². The summed E-state index contributed by atoms with van der Waals surface area (Å²) in [6, 6.07) is 0.985. The highest BCUT2D eigenvalue weighted by molar-refractivity contribution is 5.37. The van der Waals surface area contributed by atoms with Crippen LogP contribution in [0.3, 0.4) is 0 Å². The molecule has 1 aliphatic carbocycles. The van der Waals surface area contributed by atoms with E-state index in [0.717, 1.165) is 37.1 Å². The summed E-state index contributed by atoms with van der Waals surface area (Å²) in [4.78, 5) is 0. The Balaban J connectivity index is 1.63. The van der Waals surface area contributed by atoms with E-state index in [-0.39, 0.29) is 30.7 Å². The van der Waals surface area contributed by atoms with Crippen LogP contribution >= 0.6 is 0 Å². The van der Waals surface area contributed by atoms with Gasteiger partial charge in [-0.25, -0.2) is 8.78 Å². The van der Waals surface area contributed by atoms with Crippen LogP contribution in [0.1, 0.15) is 51.0 Å². The SMILES string of the molecule is C/C=C/CCC1CCC(C(F)(F)Oc2ccc(C(F)(F)Oc3cc(F)c(OC(F)=C(F)F)c(F)c3)cc2)CC1.